The van der Waals surface area contributed by atoms with Crippen LogP contribution in [0.15, 0.2) is 76.5 Å². The Kier molecular flexibility index (Phi) is 4.66. The van der Waals surface area contributed by atoms with Gasteiger partial charge in [-0.25, -0.2) is 13.4 Å². The molecule has 24 heavy (non-hydrogen) atoms. The van der Waals surface area contributed by atoms with E-state index in [-0.39, 0.29) is 11.8 Å². The number of anilines is 1. The van der Waals surface area contributed by atoms with E-state index in [0.717, 1.165) is 11.3 Å². The molecule has 0 amide bonds. The Bertz CT molecular complexity index is 891. The Morgan fingerprint density at radius 3 is 2.62 bits per heavy atom. The number of rotatable bonds is 6. The van der Waals surface area contributed by atoms with Crippen molar-refractivity contribution < 1.29 is 12.8 Å². The minimum absolute atomic E-state index is 0.0174. The lowest BCUT2D eigenvalue weighted by atomic mass is 10.1. The third kappa shape index (κ3) is 3.83. The second-order valence-electron chi connectivity index (χ2n) is 5.59. The van der Waals surface area contributed by atoms with Crippen LogP contribution in [0.5, 0.6) is 0 Å². The molecule has 0 aliphatic heterocycles. The lowest BCUT2D eigenvalue weighted by Gasteiger charge is -2.16. The molecule has 1 aromatic heterocycles. The minimum Gasteiger partial charge on any atom is -0.444 e. The first-order valence-corrected chi connectivity index (χ1v) is 9.23. The maximum atomic E-state index is 12.4. The van der Waals surface area contributed by atoms with Crippen LogP contribution in [0.1, 0.15) is 6.92 Å². The summed E-state index contributed by atoms with van der Waals surface area (Å²) in [6, 6.07) is 15.9. The fourth-order valence-electron chi connectivity index (χ4n) is 2.50. The highest BCUT2D eigenvalue weighted by Crippen LogP contribution is 2.23. The molecular weight excluding hydrogens is 324 g/mol. The van der Waals surface area contributed by atoms with Crippen LogP contribution in [0, 0.1) is 0 Å². The maximum Gasteiger partial charge on any atom is 0.181 e. The molecule has 0 bridgehead atoms. The zero-order valence-electron chi connectivity index (χ0n) is 13.2. The fourth-order valence-corrected chi connectivity index (χ4v) is 4.01. The molecule has 0 aliphatic carbocycles. The predicted octanol–water partition coefficient (Wildman–Crippen LogP) is 3.62. The average molecular weight is 342 g/mol. The van der Waals surface area contributed by atoms with Crippen molar-refractivity contribution in [2.45, 2.75) is 17.9 Å². The van der Waals surface area contributed by atoms with Gasteiger partial charge >= 0.3 is 0 Å². The Morgan fingerprint density at radius 1 is 1.12 bits per heavy atom. The van der Waals surface area contributed by atoms with Crippen LogP contribution in [0.4, 0.5) is 5.69 Å². The van der Waals surface area contributed by atoms with Crippen LogP contribution in [0.3, 0.4) is 0 Å². The molecule has 1 atom stereocenters. The van der Waals surface area contributed by atoms with E-state index in [4.69, 9.17) is 4.42 Å². The van der Waals surface area contributed by atoms with Gasteiger partial charge in [-0.15, -0.1) is 0 Å². The highest BCUT2D eigenvalue weighted by molar-refractivity contribution is 7.91. The summed E-state index contributed by atoms with van der Waals surface area (Å²) in [5.41, 5.74) is 1.72. The topological polar surface area (TPSA) is 72.2 Å². The number of hydrogen-bond donors (Lipinski definition) is 1. The van der Waals surface area contributed by atoms with Gasteiger partial charge in [-0.3, -0.25) is 0 Å². The lowest BCUT2D eigenvalue weighted by Crippen LogP contribution is -2.25. The summed E-state index contributed by atoms with van der Waals surface area (Å²) in [5, 5.41) is 3.23. The van der Waals surface area contributed by atoms with E-state index in [1.54, 1.807) is 36.5 Å². The molecule has 124 valence electrons. The van der Waals surface area contributed by atoms with Crippen molar-refractivity contribution in [3.05, 3.63) is 67.2 Å². The zero-order chi connectivity index (χ0) is 17.0. The van der Waals surface area contributed by atoms with Gasteiger partial charge in [0.15, 0.2) is 22.0 Å². The summed E-state index contributed by atoms with van der Waals surface area (Å²) in [4.78, 5) is 4.25. The highest BCUT2D eigenvalue weighted by atomic mass is 32.2. The van der Waals surface area contributed by atoms with E-state index in [2.05, 4.69) is 10.3 Å². The van der Waals surface area contributed by atoms with Crippen molar-refractivity contribution in [3.8, 4) is 11.3 Å². The molecule has 3 aromatic rings. The van der Waals surface area contributed by atoms with Gasteiger partial charge in [0.1, 0.15) is 0 Å². The van der Waals surface area contributed by atoms with Gasteiger partial charge in [-0.1, -0.05) is 30.3 Å². The third-order valence-corrected chi connectivity index (χ3v) is 5.49. The van der Waals surface area contributed by atoms with Crippen LogP contribution in [0.25, 0.3) is 11.3 Å². The molecule has 2 aromatic carbocycles. The van der Waals surface area contributed by atoms with Gasteiger partial charge in [-0.2, -0.15) is 0 Å². The monoisotopic (exact) mass is 342 g/mol. The number of aromatic nitrogens is 1. The van der Waals surface area contributed by atoms with Gasteiger partial charge in [0.05, 0.1) is 16.8 Å². The quantitative estimate of drug-likeness (QED) is 0.741. The summed E-state index contributed by atoms with van der Waals surface area (Å²) in [5.74, 6) is 0.687. The number of hydrogen-bond acceptors (Lipinski definition) is 5. The fraction of sp³-hybridized carbons (Fsp3) is 0.167. The standard InChI is InChI=1S/C18H18N2O3S/c1-14(12-24(21,22)17-8-3-2-4-9-17)20-16-7-5-6-15(10-16)18-11-19-13-23-18/h2-11,13-14,20H,12H2,1H3. The van der Waals surface area contributed by atoms with Crippen molar-refractivity contribution >= 4 is 15.5 Å². The minimum atomic E-state index is -3.32. The molecule has 0 saturated heterocycles. The summed E-state index contributed by atoms with van der Waals surface area (Å²) in [6.45, 7) is 1.85. The van der Waals surface area contributed by atoms with Crippen molar-refractivity contribution in [3.63, 3.8) is 0 Å². The van der Waals surface area contributed by atoms with E-state index in [0.29, 0.717) is 10.7 Å². The number of sulfone groups is 1. The lowest BCUT2D eigenvalue weighted by molar-refractivity contribution is 0.572. The third-order valence-electron chi connectivity index (χ3n) is 3.56. The summed E-state index contributed by atoms with van der Waals surface area (Å²) in [7, 11) is -3.32. The Hall–Kier alpha value is -2.60. The maximum absolute atomic E-state index is 12.4. The van der Waals surface area contributed by atoms with Gasteiger partial charge in [0.2, 0.25) is 0 Å². The number of benzene rings is 2. The summed E-state index contributed by atoms with van der Waals surface area (Å²) in [6.07, 6.45) is 3.02. The molecule has 1 unspecified atom stereocenters. The second kappa shape index (κ2) is 6.88. The van der Waals surface area contributed by atoms with E-state index < -0.39 is 9.84 Å². The molecule has 5 nitrogen and oxygen atoms in total. The molecule has 0 fully saturated rings. The van der Waals surface area contributed by atoms with E-state index in [1.807, 2.05) is 31.2 Å². The molecule has 0 aliphatic rings. The molecular formula is C18H18N2O3S. The van der Waals surface area contributed by atoms with Crippen LogP contribution in [0.2, 0.25) is 0 Å². The zero-order valence-corrected chi connectivity index (χ0v) is 14.0. The van der Waals surface area contributed by atoms with Crippen LogP contribution >= 0.6 is 0 Å². The van der Waals surface area contributed by atoms with Crippen molar-refractivity contribution in [2.75, 3.05) is 11.1 Å². The van der Waals surface area contributed by atoms with E-state index in [1.165, 1.54) is 6.39 Å². The largest absolute Gasteiger partial charge is 0.444 e. The van der Waals surface area contributed by atoms with Crippen molar-refractivity contribution in [2.24, 2.45) is 0 Å². The second-order valence-corrected chi connectivity index (χ2v) is 7.62. The Morgan fingerprint density at radius 2 is 1.92 bits per heavy atom. The molecule has 0 saturated carbocycles. The average Bonchev–Trinajstić information content (AvgIpc) is 3.10. The first kappa shape index (κ1) is 16.3. The molecule has 0 spiro atoms. The predicted molar refractivity (Wildman–Crippen MR) is 93.5 cm³/mol. The van der Waals surface area contributed by atoms with Crippen molar-refractivity contribution in [1.82, 2.24) is 4.98 Å². The smallest absolute Gasteiger partial charge is 0.181 e. The van der Waals surface area contributed by atoms with Crippen molar-refractivity contribution in [1.29, 1.82) is 0 Å². The molecule has 6 heteroatoms. The normalized spacial score (nSPS) is 12.7. The molecule has 1 heterocycles. The highest BCUT2D eigenvalue weighted by Gasteiger charge is 2.18. The molecule has 0 radical (unpaired) electrons. The summed E-state index contributed by atoms with van der Waals surface area (Å²) >= 11 is 0. The molecule has 3 rings (SSSR count). The Labute approximate surface area is 141 Å². The van der Waals surface area contributed by atoms with Crippen LogP contribution in [-0.2, 0) is 9.84 Å². The first-order chi connectivity index (χ1) is 11.5. The van der Waals surface area contributed by atoms with E-state index >= 15 is 0 Å². The van der Waals surface area contributed by atoms with Crippen LogP contribution in [-0.4, -0.2) is 25.2 Å². The number of nitrogens with one attached hydrogen (secondary N) is 1. The van der Waals surface area contributed by atoms with Gasteiger partial charge in [0, 0.05) is 17.3 Å². The van der Waals surface area contributed by atoms with E-state index in [9.17, 15) is 8.42 Å². The van der Waals surface area contributed by atoms with Gasteiger partial charge in [-0.05, 0) is 31.2 Å². The SMILES string of the molecule is CC(CS(=O)(=O)c1ccccc1)Nc1cccc(-c2cnco2)c1. The van der Waals surface area contributed by atoms with Crippen LogP contribution < -0.4 is 5.32 Å². The molecule has 1 N–H and O–H groups in total. The first-order valence-electron chi connectivity index (χ1n) is 7.58. The Balaban J connectivity index is 1.71. The number of nitrogens with zero attached hydrogens (tertiary/aromatic N) is 1. The van der Waals surface area contributed by atoms with Gasteiger partial charge in [0.25, 0.3) is 0 Å². The number of oxazole rings is 1. The van der Waals surface area contributed by atoms with Gasteiger partial charge < -0.3 is 9.73 Å². The summed E-state index contributed by atoms with van der Waals surface area (Å²) < 4.78 is 30.1.